The fourth-order valence-corrected chi connectivity index (χ4v) is 6.70. The maximum absolute atomic E-state index is 12.4. The van der Waals surface area contributed by atoms with Crippen molar-refractivity contribution in [2.24, 2.45) is 0 Å². The lowest BCUT2D eigenvalue weighted by Crippen LogP contribution is -2.48. The third kappa shape index (κ3) is 36.7. The van der Waals surface area contributed by atoms with Crippen LogP contribution in [0.25, 0.3) is 0 Å². The molecule has 0 rings (SSSR count). The smallest absolute Gasteiger partial charge is 0.249 e. The molecule has 0 bridgehead atoms. The number of aliphatic hydroxyl groups is 3. The molecule has 0 aromatic heterocycles. The zero-order valence-electron chi connectivity index (χ0n) is 34.0. The molecule has 5 nitrogen and oxygen atoms in total. The van der Waals surface area contributed by atoms with Gasteiger partial charge >= 0.3 is 0 Å². The van der Waals surface area contributed by atoms with Crippen LogP contribution < -0.4 is 5.32 Å². The highest BCUT2D eigenvalue weighted by Crippen LogP contribution is 2.16. The summed E-state index contributed by atoms with van der Waals surface area (Å²) in [7, 11) is 0. The minimum absolute atomic E-state index is 0.369. The summed E-state index contributed by atoms with van der Waals surface area (Å²) < 4.78 is 0. The summed E-state index contributed by atoms with van der Waals surface area (Å²) in [5, 5.41) is 33.1. The van der Waals surface area contributed by atoms with E-state index in [4.69, 9.17) is 0 Å². The third-order valence-electron chi connectivity index (χ3n) is 10.3. The van der Waals surface area contributed by atoms with Crippen LogP contribution in [0.2, 0.25) is 0 Å². The van der Waals surface area contributed by atoms with Crippen LogP contribution in [0.1, 0.15) is 226 Å². The summed E-state index contributed by atoms with van der Waals surface area (Å²) in [6.07, 6.45) is 51.8. The summed E-state index contributed by atoms with van der Waals surface area (Å²) in [6, 6.07) is -0.803. The van der Waals surface area contributed by atoms with E-state index in [9.17, 15) is 20.1 Å². The van der Waals surface area contributed by atoms with Gasteiger partial charge in [-0.3, -0.25) is 4.79 Å². The molecule has 0 aromatic carbocycles. The van der Waals surface area contributed by atoms with Crippen LogP contribution in [0, 0.1) is 0 Å². The van der Waals surface area contributed by atoms with E-state index in [2.05, 4.69) is 43.5 Å². The summed E-state index contributed by atoms with van der Waals surface area (Å²) in [6.45, 7) is 4.15. The third-order valence-corrected chi connectivity index (χ3v) is 10.3. The molecule has 0 aliphatic carbocycles. The molecular weight excluding hydrogens is 631 g/mol. The first-order valence-electron chi connectivity index (χ1n) is 22.3. The molecule has 5 heteroatoms. The highest BCUT2D eigenvalue weighted by Gasteiger charge is 2.22. The van der Waals surface area contributed by atoms with Gasteiger partial charge in [-0.25, -0.2) is 0 Å². The van der Waals surface area contributed by atoms with E-state index in [1.165, 1.54) is 154 Å². The first-order chi connectivity index (χ1) is 25.1. The van der Waals surface area contributed by atoms with Crippen molar-refractivity contribution >= 4 is 5.91 Å². The second-order valence-electron chi connectivity index (χ2n) is 15.3. The minimum atomic E-state index is -1.11. The number of hydrogen-bond acceptors (Lipinski definition) is 4. The molecule has 300 valence electrons. The largest absolute Gasteiger partial charge is 0.394 e. The van der Waals surface area contributed by atoms with E-state index in [1.54, 1.807) is 6.08 Å². The van der Waals surface area contributed by atoms with Crippen LogP contribution in [0.3, 0.4) is 0 Å². The first kappa shape index (κ1) is 49.6. The van der Waals surface area contributed by atoms with Crippen molar-refractivity contribution < 1.29 is 20.1 Å². The molecule has 0 fully saturated rings. The van der Waals surface area contributed by atoms with Gasteiger partial charge in [-0.15, -0.1) is 0 Å². The van der Waals surface area contributed by atoms with E-state index in [0.29, 0.717) is 6.42 Å². The molecular formula is C46H87NO4. The number of carbonyl (C=O) groups is 1. The standard InChI is InChI=1S/C46H87NO4/c1-3-5-7-9-11-13-15-17-19-20-21-22-23-24-25-26-27-29-30-32-34-36-38-40-44(49)43(42-48)47-46(51)45(50)41-39-37-35-33-31-28-18-16-14-12-10-8-6-4-2/h12,14,16,18,38,40,43-45,48-50H,3-11,13,15,17,19-37,39,41-42H2,1-2H3,(H,47,51)/b14-12-,18-16-,40-38+. The highest BCUT2D eigenvalue weighted by molar-refractivity contribution is 5.80. The number of allylic oxidation sites excluding steroid dienone is 5. The summed E-state index contributed by atoms with van der Waals surface area (Å²) in [5.41, 5.74) is 0. The molecule has 0 aliphatic heterocycles. The Balaban J connectivity index is 3.66. The van der Waals surface area contributed by atoms with Crippen LogP contribution in [0.5, 0.6) is 0 Å². The van der Waals surface area contributed by atoms with E-state index >= 15 is 0 Å². The Bertz CT molecular complexity index is 794. The van der Waals surface area contributed by atoms with E-state index in [1.807, 2.05) is 6.08 Å². The predicted octanol–water partition coefficient (Wildman–Crippen LogP) is 12.8. The van der Waals surface area contributed by atoms with Gasteiger partial charge in [0.25, 0.3) is 0 Å². The van der Waals surface area contributed by atoms with Gasteiger partial charge in [-0.2, -0.15) is 0 Å². The molecule has 0 heterocycles. The Morgan fingerprint density at radius 1 is 0.490 bits per heavy atom. The number of aliphatic hydroxyl groups excluding tert-OH is 3. The van der Waals surface area contributed by atoms with Crippen LogP contribution in [0.15, 0.2) is 36.5 Å². The Hall–Kier alpha value is -1.43. The van der Waals surface area contributed by atoms with E-state index < -0.39 is 24.2 Å². The van der Waals surface area contributed by atoms with E-state index in [-0.39, 0.29) is 6.61 Å². The number of nitrogens with one attached hydrogen (secondary N) is 1. The molecule has 1 amide bonds. The molecule has 0 aliphatic rings. The van der Waals surface area contributed by atoms with Crippen molar-refractivity contribution in [3.63, 3.8) is 0 Å². The summed E-state index contributed by atoms with van der Waals surface area (Å²) in [4.78, 5) is 12.4. The van der Waals surface area contributed by atoms with Crippen molar-refractivity contribution in [3.8, 4) is 0 Å². The number of rotatable bonds is 40. The first-order valence-corrected chi connectivity index (χ1v) is 22.3. The van der Waals surface area contributed by atoms with Crippen LogP contribution >= 0.6 is 0 Å². The van der Waals surface area contributed by atoms with Crippen LogP contribution in [0.4, 0.5) is 0 Å². The topological polar surface area (TPSA) is 89.8 Å². The SMILES string of the molecule is CCCCC/C=C\C=C/CCCCCCCC(O)C(=O)NC(CO)C(O)/C=C/CCCCCCCCCCCCCCCCCCCCCCC. The molecule has 0 spiro atoms. The van der Waals surface area contributed by atoms with Gasteiger partial charge < -0.3 is 20.6 Å². The maximum Gasteiger partial charge on any atom is 0.249 e. The molecule has 3 atom stereocenters. The van der Waals surface area contributed by atoms with E-state index in [0.717, 1.165) is 51.4 Å². The number of unbranched alkanes of at least 4 members (excludes halogenated alkanes) is 29. The normalized spacial score (nSPS) is 13.9. The van der Waals surface area contributed by atoms with Crippen molar-refractivity contribution in [3.05, 3.63) is 36.5 Å². The maximum atomic E-state index is 12.4. The Morgan fingerprint density at radius 2 is 0.824 bits per heavy atom. The van der Waals surface area contributed by atoms with Gasteiger partial charge in [-0.1, -0.05) is 217 Å². The lowest BCUT2D eigenvalue weighted by Gasteiger charge is -2.21. The van der Waals surface area contributed by atoms with Gasteiger partial charge in [0.15, 0.2) is 0 Å². The van der Waals surface area contributed by atoms with Gasteiger partial charge in [0.2, 0.25) is 5.91 Å². The number of amides is 1. The van der Waals surface area contributed by atoms with Crippen molar-refractivity contribution in [2.75, 3.05) is 6.61 Å². The van der Waals surface area contributed by atoms with Crippen LogP contribution in [-0.2, 0) is 4.79 Å². The lowest BCUT2D eigenvalue weighted by molar-refractivity contribution is -0.131. The Kier molecular flexibility index (Phi) is 40.2. The Morgan fingerprint density at radius 3 is 1.24 bits per heavy atom. The zero-order valence-corrected chi connectivity index (χ0v) is 34.0. The zero-order chi connectivity index (χ0) is 37.3. The summed E-state index contributed by atoms with van der Waals surface area (Å²) >= 11 is 0. The molecule has 0 saturated heterocycles. The fraction of sp³-hybridized carbons (Fsp3) is 0.848. The predicted molar refractivity (Wildman–Crippen MR) is 222 cm³/mol. The molecule has 51 heavy (non-hydrogen) atoms. The molecule has 3 unspecified atom stereocenters. The molecule has 0 aromatic rings. The molecule has 4 N–H and O–H groups in total. The summed E-state index contributed by atoms with van der Waals surface area (Å²) in [5.74, 6) is -0.515. The highest BCUT2D eigenvalue weighted by atomic mass is 16.3. The van der Waals surface area contributed by atoms with Gasteiger partial charge in [0.1, 0.15) is 6.10 Å². The second-order valence-corrected chi connectivity index (χ2v) is 15.3. The monoisotopic (exact) mass is 718 g/mol. The Labute approximate surface area is 317 Å². The van der Waals surface area contributed by atoms with Gasteiger partial charge in [-0.05, 0) is 44.9 Å². The average Bonchev–Trinajstić information content (AvgIpc) is 3.13. The van der Waals surface area contributed by atoms with Gasteiger partial charge in [0, 0.05) is 0 Å². The average molecular weight is 718 g/mol. The quantitative estimate of drug-likeness (QED) is 0.0288. The van der Waals surface area contributed by atoms with Crippen LogP contribution in [-0.4, -0.2) is 46.1 Å². The number of hydrogen-bond donors (Lipinski definition) is 4. The van der Waals surface area contributed by atoms with Gasteiger partial charge in [0.05, 0.1) is 18.8 Å². The van der Waals surface area contributed by atoms with Crippen molar-refractivity contribution in [2.45, 2.75) is 244 Å². The minimum Gasteiger partial charge on any atom is -0.394 e. The van der Waals surface area contributed by atoms with Crippen molar-refractivity contribution in [1.82, 2.24) is 5.32 Å². The molecule has 0 radical (unpaired) electrons. The fourth-order valence-electron chi connectivity index (χ4n) is 6.70. The number of carbonyl (C=O) groups excluding carboxylic acids is 1. The van der Waals surface area contributed by atoms with Crippen molar-refractivity contribution in [1.29, 1.82) is 0 Å². The lowest BCUT2D eigenvalue weighted by atomic mass is 10.0. The second kappa shape index (κ2) is 41.3. The molecule has 0 saturated carbocycles.